The first-order chi connectivity index (χ1) is 12.2. The van der Waals surface area contributed by atoms with Gasteiger partial charge in [-0.15, -0.1) is 0 Å². The standard InChI is InChI=1S/C18H19F2N5O/c1-5-16(26)24-15-7-11-12(9-25(4)14(11)8-21-15)13-6-10(2)22-17(23-13)18(3,19)20/h6-9H,5H2,1-4H3,(H,21,24,26). The zero-order valence-corrected chi connectivity index (χ0v) is 15.0. The molecule has 0 aliphatic heterocycles. The average molecular weight is 359 g/mol. The summed E-state index contributed by atoms with van der Waals surface area (Å²) in [5, 5.41) is 3.47. The molecule has 0 bridgehead atoms. The van der Waals surface area contributed by atoms with Crippen LogP contribution in [0.15, 0.2) is 24.5 Å². The Morgan fingerprint density at radius 2 is 2.04 bits per heavy atom. The molecular weight excluding hydrogens is 340 g/mol. The third kappa shape index (κ3) is 3.40. The maximum absolute atomic E-state index is 13.7. The highest BCUT2D eigenvalue weighted by Gasteiger charge is 2.29. The van der Waals surface area contributed by atoms with Crippen molar-refractivity contribution in [1.82, 2.24) is 19.5 Å². The van der Waals surface area contributed by atoms with E-state index < -0.39 is 11.7 Å². The van der Waals surface area contributed by atoms with Gasteiger partial charge in [-0.05, 0) is 19.1 Å². The Kier molecular flexibility index (Phi) is 4.43. The molecule has 0 aliphatic carbocycles. The Hall–Kier alpha value is -2.90. The van der Waals surface area contributed by atoms with Crippen LogP contribution in [0.3, 0.4) is 0 Å². The van der Waals surface area contributed by atoms with Crippen LogP contribution in [0.2, 0.25) is 0 Å². The number of carbonyl (C=O) groups is 1. The quantitative estimate of drug-likeness (QED) is 0.769. The summed E-state index contributed by atoms with van der Waals surface area (Å²) < 4.78 is 29.3. The Labute approximate surface area is 149 Å². The second-order valence-electron chi connectivity index (χ2n) is 6.25. The molecule has 0 radical (unpaired) electrons. The molecular formula is C18H19F2N5O. The van der Waals surface area contributed by atoms with Crippen molar-refractivity contribution in [2.75, 3.05) is 5.32 Å². The number of fused-ring (bicyclic) bond motifs is 1. The number of rotatable bonds is 4. The van der Waals surface area contributed by atoms with E-state index in [1.165, 1.54) is 0 Å². The molecule has 136 valence electrons. The van der Waals surface area contributed by atoms with Crippen molar-refractivity contribution in [2.24, 2.45) is 7.05 Å². The summed E-state index contributed by atoms with van der Waals surface area (Å²) in [4.78, 5) is 23.8. The van der Waals surface area contributed by atoms with Gasteiger partial charge in [0, 0.05) is 43.2 Å². The lowest BCUT2D eigenvalue weighted by Crippen LogP contribution is -2.13. The van der Waals surface area contributed by atoms with E-state index in [2.05, 4.69) is 20.3 Å². The molecule has 26 heavy (non-hydrogen) atoms. The van der Waals surface area contributed by atoms with E-state index in [9.17, 15) is 13.6 Å². The molecule has 0 saturated carbocycles. The second-order valence-corrected chi connectivity index (χ2v) is 6.25. The Morgan fingerprint density at radius 3 is 2.69 bits per heavy atom. The van der Waals surface area contributed by atoms with Gasteiger partial charge in [0.25, 0.3) is 0 Å². The largest absolute Gasteiger partial charge is 0.349 e. The molecule has 3 aromatic heterocycles. The van der Waals surface area contributed by atoms with Crippen LogP contribution < -0.4 is 5.32 Å². The number of amides is 1. The van der Waals surface area contributed by atoms with E-state index in [4.69, 9.17) is 0 Å². The van der Waals surface area contributed by atoms with E-state index >= 15 is 0 Å². The van der Waals surface area contributed by atoms with Crippen LogP contribution in [-0.4, -0.2) is 25.4 Å². The normalized spacial score (nSPS) is 11.8. The molecule has 0 fully saturated rings. The fourth-order valence-electron chi connectivity index (χ4n) is 2.68. The SMILES string of the molecule is CCC(=O)Nc1cc2c(-c3cc(C)nc(C(C)(F)F)n3)cn(C)c2cn1. The number of hydrogen-bond acceptors (Lipinski definition) is 4. The summed E-state index contributed by atoms with van der Waals surface area (Å²) >= 11 is 0. The lowest BCUT2D eigenvalue weighted by atomic mass is 10.1. The third-order valence-corrected chi connectivity index (χ3v) is 3.99. The minimum atomic E-state index is -3.13. The molecule has 3 rings (SSSR count). The van der Waals surface area contributed by atoms with Gasteiger partial charge < -0.3 is 9.88 Å². The number of carbonyl (C=O) groups excluding carboxylic acids is 1. The first-order valence-electron chi connectivity index (χ1n) is 8.18. The second kappa shape index (κ2) is 6.44. The van der Waals surface area contributed by atoms with Gasteiger partial charge in [-0.2, -0.15) is 8.78 Å². The van der Waals surface area contributed by atoms with Crippen LogP contribution >= 0.6 is 0 Å². The zero-order chi connectivity index (χ0) is 19.1. The highest BCUT2D eigenvalue weighted by Crippen LogP contribution is 2.32. The summed E-state index contributed by atoms with van der Waals surface area (Å²) in [6.45, 7) is 4.18. The summed E-state index contributed by atoms with van der Waals surface area (Å²) in [6.07, 6.45) is 3.77. The molecule has 0 saturated heterocycles. The molecule has 1 N–H and O–H groups in total. The number of halogens is 2. The first-order valence-corrected chi connectivity index (χ1v) is 8.18. The summed E-state index contributed by atoms with van der Waals surface area (Å²) in [7, 11) is 1.83. The third-order valence-electron chi connectivity index (χ3n) is 3.99. The zero-order valence-electron chi connectivity index (χ0n) is 15.0. The van der Waals surface area contributed by atoms with Crippen LogP contribution in [0.1, 0.15) is 31.8 Å². The number of alkyl halides is 2. The highest BCUT2D eigenvalue weighted by atomic mass is 19.3. The van der Waals surface area contributed by atoms with Crippen molar-refractivity contribution < 1.29 is 13.6 Å². The monoisotopic (exact) mass is 359 g/mol. The molecule has 3 aromatic rings. The number of hydrogen-bond donors (Lipinski definition) is 1. The molecule has 0 spiro atoms. The van der Waals surface area contributed by atoms with Gasteiger partial charge >= 0.3 is 5.92 Å². The maximum atomic E-state index is 13.7. The topological polar surface area (TPSA) is 72.7 Å². The van der Waals surface area contributed by atoms with Crippen LogP contribution in [-0.2, 0) is 17.8 Å². The van der Waals surface area contributed by atoms with Gasteiger partial charge in [0.15, 0.2) is 5.82 Å². The van der Waals surface area contributed by atoms with E-state index in [0.29, 0.717) is 29.2 Å². The fraction of sp³-hybridized carbons (Fsp3) is 0.333. The molecule has 0 aromatic carbocycles. The minimum Gasteiger partial charge on any atom is -0.349 e. The van der Waals surface area contributed by atoms with Gasteiger partial charge in [-0.3, -0.25) is 4.79 Å². The number of aromatic nitrogens is 4. The first kappa shape index (κ1) is 17.9. The minimum absolute atomic E-state index is 0.153. The summed E-state index contributed by atoms with van der Waals surface area (Å²) in [6, 6.07) is 3.38. The van der Waals surface area contributed by atoms with Gasteiger partial charge in [-0.1, -0.05) is 6.92 Å². The molecule has 0 aliphatic rings. The van der Waals surface area contributed by atoms with Crippen LogP contribution in [0, 0.1) is 6.92 Å². The van der Waals surface area contributed by atoms with Crippen LogP contribution in [0.5, 0.6) is 0 Å². The number of aryl methyl sites for hydroxylation is 2. The van der Waals surface area contributed by atoms with Crippen molar-refractivity contribution in [3.05, 3.63) is 36.0 Å². The number of pyridine rings is 1. The molecule has 1 amide bonds. The summed E-state index contributed by atoms with van der Waals surface area (Å²) in [5.74, 6) is -3.39. The lowest BCUT2D eigenvalue weighted by Gasteiger charge is -2.11. The number of nitrogens with zero attached hydrogens (tertiary/aromatic N) is 4. The molecule has 0 atom stereocenters. The van der Waals surface area contributed by atoms with Crippen molar-refractivity contribution >= 4 is 22.6 Å². The number of nitrogens with one attached hydrogen (secondary N) is 1. The van der Waals surface area contributed by atoms with E-state index in [-0.39, 0.29) is 5.91 Å². The van der Waals surface area contributed by atoms with Gasteiger partial charge in [-0.25, -0.2) is 15.0 Å². The van der Waals surface area contributed by atoms with Gasteiger partial charge in [0.05, 0.1) is 17.4 Å². The van der Waals surface area contributed by atoms with Gasteiger partial charge in [0.1, 0.15) is 5.82 Å². The molecule has 6 nitrogen and oxygen atoms in total. The molecule has 3 heterocycles. The van der Waals surface area contributed by atoms with Crippen molar-refractivity contribution in [2.45, 2.75) is 33.1 Å². The van der Waals surface area contributed by atoms with E-state index in [1.807, 2.05) is 11.6 Å². The summed E-state index contributed by atoms with van der Waals surface area (Å²) in [5.41, 5.74) is 2.33. The molecule has 8 heteroatoms. The van der Waals surface area contributed by atoms with Crippen molar-refractivity contribution in [3.8, 4) is 11.3 Å². The van der Waals surface area contributed by atoms with E-state index in [0.717, 1.165) is 17.8 Å². The maximum Gasteiger partial charge on any atom is 0.303 e. The molecule has 0 unspecified atom stereocenters. The smallest absolute Gasteiger partial charge is 0.303 e. The van der Waals surface area contributed by atoms with Crippen LogP contribution in [0.4, 0.5) is 14.6 Å². The van der Waals surface area contributed by atoms with Crippen LogP contribution in [0.25, 0.3) is 22.2 Å². The fourth-order valence-corrected chi connectivity index (χ4v) is 2.68. The Morgan fingerprint density at radius 1 is 1.31 bits per heavy atom. The predicted octanol–water partition coefficient (Wildman–Crippen LogP) is 3.80. The highest BCUT2D eigenvalue weighted by molar-refractivity contribution is 5.98. The Bertz CT molecular complexity index is 991. The Balaban J connectivity index is 2.17. The van der Waals surface area contributed by atoms with Crippen molar-refractivity contribution in [1.29, 1.82) is 0 Å². The van der Waals surface area contributed by atoms with Gasteiger partial charge in [0.2, 0.25) is 5.91 Å². The predicted molar refractivity (Wildman–Crippen MR) is 95.0 cm³/mol. The lowest BCUT2D eigenvalue weighted by molar-refractivity contribution is -0.115. The average Bonchev–Trinajstić information content (AvgIpc) is 2.90. The van der Waals surface area contributed by atoms with E-state index in [1.54, 1.807) is 38.4 Å². The van der Waals surface area contributed by atoms with Crippen molar-refractivity contribution in [3.63, 3.8) is 0 Å². The number of anilines is 1.